The van der Waals surface area contributed by atoms with Crippen LogP contribution in [0, 0.1) is 5.92 Å². The number of carboxylic acid groups (broad SMARTS) is 1. The third-order valence-electron chi connectivity index (χ3n) is 4.22. The van der Waals surface area contributed by atoms with Gasteiger partial charge in [-0.3, -0.25) is 4.79 Å². The first-order valence-electron chi connectivity index (χ1n) is 7.50. The van der Waals surface area contributed by atoms with E-state index < -0.39 is 5.97 Å². The number of hydrogen-bond acceptors (Lipinski definition) is 3. The van der Waals surface area contributed by atoms with E-state index in [9.17, 15) is 9.59 Å². The summed E-state index contributed by atoms with van der Waals surface area (Å²) in [6.07, 6.45) is 5.00. The molecule has 2 saturated heterocycles. The van der Waals surface area contributed by atoms with Crippen LogP contribution in [0.3, 0.4) is 0 Å². The molecule has 2 amide bonds. The molecule has 2 rings (SSSR count). The third kappa shape index (κ3) is 4.89. The fraction of sp³-hybridized carbons (Fsp3) is 0.857. The number of nitrogens with one attached hydrogen (secondary N) is 1. The number of thioether (sulfide) groups is 1. The number of aliphatic carboxylic acids is 1. The Morgan fingerprint density at radius 1 is 1.15 bits per heavy atom. The zero-order valence-corrected chi connectivity index (χ0v) is 12.7. The van der Waals surface area contributed by atoms with E-state index in [0.717, 1.165) is 56.7 Å². The molecule has 0 unspecified atom stereocenters. The molecule has 0 aromatic heterocycles. The molecule has 0 aromatic carbocycles. The molecule has 0 aliphatic carbocycles. The van der Waals surface area contributed by atoms with E-state index in [0.29, 0.717) is 12.0 Å². The van der Waals surface area contributed by atoms with Crippen molar-refractivity contribution in [3.05, 3.63) is 0 Å². The van der Waals surface area contributed by atoms with Crippen LogP contribution in [0.15, 0.2) is 0 Å². The average molecular weight is 300 g/mol. The second-order valence-corrected chi connectivity index (χ2v) is 6.92. The Balaban J connectivity index is 1.67. The first-order chi connectivity index (χ1) is 9.65. The third-order valence-corrected chi connectivity index (χ3v) is 5.27. The summed E-state index contributed by atoms with van der Waals surface area (Å²) < 4.78 is 0. The molecule has 2 N–H and O–H groups in total. The van der Waals surface area contributed by atoms with E-state index in [4.69, 9.17) is 5.11 Å². The number of piperidine rings is 1. The van der Waals surface area contributed by atoms with Gasteiger partial charge in [-0.25, -0.2) is 4.79 Å². The molecule has 0 aromatic rings. The van der Waals surface area contributed by atoms with Gasteiger partial charge in [0.05, 0.1) is 0 Å². The highest BCUT2D eigenvalue weighted by Crippen LogP contribution is 2.22. The highest BCUT2D eigenvalue weighted by molar-refractivity contribution is 7.99. The van der Waals surface area contributed by atoms with Gasteiger partial charge in [-0.15, -0.1) is 0 Å². The van der Waals surface area contributed by atoms with Crippen LogP contribution >= 0.6 is 11.8 Å². The maximum absolute atomic E-state index is 12.2. The van der Waals surface area contributed by atoms with Crippen molar-refractivity contribution in [2.75, 3.05) is 24.6 Å². The second kappa shape index (κ2) is 7.76. The largest absolute Gasteiger partial charge is 0.481 e. The fourth-order valence-electron chi connectivity index (χ4n) is 2.86. The van der Waals surface area contributed by atoms with E-state index >= 15 is 0 Å². The fourth-order valence-corrected chi connectivity index (χ4v) is 3.97. The van der Waals surface area contributed by atoms with Crippen molar-refractivity contribution in [2.24, 2.45) is 5.92 Å². The molecule has 0 bridgehead atoms. The summed E-state index contributed by atoms with van der Waals surface area (Å²) in [6.45, 7) is 1.52. The van der Waals surface area contributed by atoms with Crippen molar-refractivity contribution in [1.82, 2.24) is 10.2 Å². The molecule has 2 aliphatic heterocycles. The van der Waals surface area contributed by atoms with Gasteiger partial charge in [0.15, 0.2) is 0 Å². The quantitative estimate of drug-likeness (QED) is 0.835. The van der Waals surface area contributed by atoms with Gasteiger partial charge in [-0.1, -0.05) is 0 Å². The van der Waals surface area contributed by atoms with Crippen molar-refractivity contribution < 1.29 is 14.7 Å². The lowest BCUT2D eigenvalue weighted by atomic mass is 9.92. The van der Waals surface area contributed by atoms with E-state index in [1.54, 1.807) is 0 Å². The van der Waals surface area contributed by atoms with Crippen molar-refractivity contribution in [3.8, 4) is 0 Å². The predicted molar refractivity (Wildman–Crippen MR) is 80.0 cm³/mol. The van der Waals surface area contributed by atoms with Gasteiger partial charge in [0, 0.05) is 25.6 Å². The summed E-state index contributed by atoms with van der Waals surface area (Å²) in [6, 6.07) is 0.409. The molecule has 2 fully saturated rings. The first kappa shape index (κ1) is 15.5. The number of carbonyl (C=O) groups is 2. The van der Waals surface area contributed by atoms with E-state index in [2.05, 4.69) is 5.32 Å². The summed E-state index contributed by atoms with van der Waals surface area (Å²) in [5.41, 5.74) is 0. The molecule has 2 heterocycles. The molecule has 20 heavy (non-hydrogen) atoms. The number of carbonyl (C=O) groups excluding carboxylic acids is 1. The van der Waals surface area contributed by atoms with Crippen LogP contribution in [-0.4, -0.2) is 52.6 Å². The zero-order valence-electron chi connectivity index (χ0n) is 11.8. The van der Waals surface area contributed by atoms with Crippen LogP contribution in [0.4, 0.5) is 4.79 Å². The first-order valence-corrected chi connectivity index (χ1v) is 8.65. The number of nitrogens with zero attached hydrogens (tertiary/aromatic N) is 1. The van der Waals surface area contributed by atoms with Gasteiger partial charge in [0.1, 0.15) is 0 Å². The normalized spacial score (nSPS) is 21.7. The summed E-state index contributed by atoms with van der Waals surface area (Å²) in [5.74, 6) is 2.02. The van der Waals surface area contributed by atoms with Crippen molar-refractivity contribution in [1.29, 1.82) is 0 Å². The van der Waals surface area contributed by atoms with E-state index in [1.807, 2.05) is 16.7 Å². The van der Waals surface area contributed by atoms with Crippen molar-refractivity contribution in [2.45, 2.75) is 44.6 Å². The molecular weight excluding hydrogens is 276 g/mol. The van der Waals surface area contributed by atoms with Crippen molar-refractivity contribution >= 4 is 23.8 Å². The number of likely N-dealkylation sites (tertiary alicyclic amines) is 1. The lowest BCUT2D eigenvalue weighted by molar-refractivity contribution is -0.137. The molecule has 6 heteroatoms. The number of rotatable bonds is 4. The predicted octanol–water partition coefficient (Wildman–Crippen LogP) is 2.17. The van der Waals surface area contributed by atoms with Crippen LogP contribution in [0.1, 0.15) is 38.5 Å². The summed E-state index contributed by atoms with van der Waals surface area (Å²) >= 11 is 1.96. The number of amides is 2. The molecule has 0 spiro atoms. The number of hydrogen-bond donors (Lipinski definition) is 2. The van der Waals surface area contributed by atoms with Gasteiger partial charge in [0.25, 0.3) is 0 Å². The monoisotopic (exact) mass is 300 g/mol. The van der Waals surface area contributed by atoms with Crippen LogP contribution in [0.25, 0.3) is 0 Å². The number of carboxylic acids is 1. The molecular formula is C14H24N2O3S. The summed E-state index contributed by atoms with van der Waals surface area (Å²) in [4.78, 5) is 24.6. The molecule has 0 radical (unpaired) electrons. The SMILES string of the molecule is O=C(O)CCC1CCN(C(=O)NC2CCSCC2)CC1. The highest BCUT2D eigenvalue weighted by atomic mass is 32.2. The average Bonchev–Trinajstić information content (AvgIpc) is 2.46. The Labute approximate surface area is 124 Å². The van der Waals surface area contributed by atoms with E-state index in [-0.39, 0.29) is 12.5 Å². The molecule has 5 nitrogen and oxygen atoms in total. The minimum Gasteiger partial charge on any atom is -0.481 e. The Bertz CT molecular complexity index is 337. The Morgan fingerprint density at radius 2 is 1.80 bits per heavy atom. The lowest BCUT2D eigenvalue weighted by Crippen LogP contribution is -2.48. The van der Waals surface area contributed by atoms with Crippen LogP contribution in [-0.2, 0) is 4.79 Å². The smallest absolute Gasteiger partial charge is 0.317 e. The van der Waals surface area contributed by atoms with Gasteiger partial charge in [-0.2, -0.15) is 11.8 Å². The minimum atomic E-state index is -0.722. The van der Waals surface area contributed by atoms with Crippen LogP contribution in [0.5, 0.6) is 0 Å². The summed E-state index contributed by atoms with van der Waals surface area (Å²) in [5, 5.41) is 11.8. The zero-order chi connectivity index (χ0) is 14.4. The molecule has 0 atom stereocenters. The molecule has 2 aliphatic rings. The lowest BCUT2D eigenvalue weighted by Gasteiger charge is -2.33. The van der Waals surface area contributed by atoms with Crippen LogP contribution < -0.4 is 5.32 Å². The number of urea groups is 1. The summed E-state index contributed by atoms with van der Waals surface area (Å²) in [7, 11) is 0. The van der Waals surface area contributed by atoms with Gasteiger partial charge in [-0.05, 0) is 49.5 Å². The standard InChI is InChI=1S/C14H24N2O3S/c17-13(18)2-1-11-3-7-16(8-4-11)14(19)15-12-5-9-20-10-6-12/h11-12H,1-10H2,(H,15,19)(H,17,18). The minimum absolute atomic E-state index is 0.0681. The van der Waals surface area contributed by atoms with Gasteiger partial charge in [0.2, 0.25) is 0 Å². The maximum Gasteiger partial charge on any atom is 0.317 e. The highest BCUT2D eigenvalue weighted by Gasteiger charge is 2.25. The molecule has 0 saturated carbocycles. The molecule has 114 valence electrons. The Hall–Kier alpha value is -0.910. The Kier molecular flexibility index (Phi) is 6.01. The maximum atomic E-state index is 12.2. The van der Waals surface area contributed by atoms with Crippen molar-refractivity contribution in [3.63, 3.8) is 0 Å². The Morgan fingerprint density at radius 3 is 2.40 bits per heavy atom. The second-order valence-electron chi connectivity index (χ2n) is 5.70. The topological polar surface area (TPSA) is 69.6 Å². The van der Waals surface area contributed by atoms with Crippen LogP contribution in [0.2, 0.25) is 0 Å². The van der Waals surface area contributed by atoms with Gasteiger partial charge >= 0.3 is 12.0 Å². The van der Waals surface area contributed by atoms with E-state index in [1.165, 1.54) is 0 Å². The van der Waals surface area contributed by atoms with Gasteiger partial charge < -0.3 is 15.3 Å².